The maximum atomic E-state index is 12.0. The Morgan fingerprint density at radius 2 is 1.14 bits per heavy atom. The highest BCUT2D eigenvalue weighted by Gasteiger charge is 2.65. The summed E-state index contributed by atoms with van der Waals surface area (Å²) in [5, 5.41) is 33.4. The van der Waals surface area contributed by atoms with E-state index in [0.29, 0.717) is 96.5 Å². The van der Waals surface area contributed by atoms with Crippen LogP contribution in [0.1, 0.15) is 182 Å². The Kier molecular flexibility index (Phi) is 12.8. The van der Waals surface area contributed by atoms with Crippen LogP contribution in [0.25, 0.3) is 0 Å². The average Bonchev–Trinajstić information content (AvgIpc) is 3.99. The lowest BCUT2D eigenvalue weighted by atomic mass is 9.43. The number of methoxy groups -OCH3 is 2. The molecule has 1 aromatic rings. The average molecular weight is 876 g/mol. The van der Waals surface area contributed by atoms with E-state index in [-0.39, 0.29) is 51.9 Å². The summed E-state index contributed by atoms with van der Waals surface area (Å²) in [4.78, 5) is 23.9. The number of aliphatic hydroxyl groups is 2. The molecule has 8 fully saturated rings. The van der Waals surface area contributed by atoms with Gasteiger partial charge in [0, 0.05) is 12.8 Å². The highest BCUT2D eigenvalue weighted by atomic mass is 16.5. The van der Waals surface area contributed by atoms with E-state index >= 15 is 0 Å². The zero-order valence-corrected chi connectivity index (χ0v) is 40.4. The van der Waals surface area contributed by atoms with Crippen LogP contribution in [0.2, 0.25) is 0 Å². The van der Waals surface area contributed by atoms with E-state index in [4.69, 9.17) is 19.4 Å². The number of rotatable bonds is 12. The molecule has 354 valence electrons. The van der Waals surface area contributed by atoms with Crippen molar-refractivity contribution < 1.29 is 34.0 Å². The van der Waals surface area contributed by atoms with Gasteiger partial charge in [0.05, 0.1) is 51.4 Å². The van der Waals surface area contributed by atoms with E-state index in [0.717, 1.165) is 63.5 Å². The Morgan fingerprint density at radius 3 is 1.67 bits per heavy atom. The van der Waals surface area contributed by atoms with Gasteiger partial charge in [0.25, 0.3) is 0 Å². The van der Waals surface area contributed by atoms with Gasteiger partial charge in [0.2, 0.25) is 0 Å². The summed E-state index contributed by atoms with van der Waals surface area (Å²) >= 11 is 0. The molecule has 0 aliphatic heterocycles. The van der Waals surface area contributed by atoms with E-state index in [1.54, 1.807) is 0 Å². The van der Waals surface area contributed by atoms with E-state index < -0.39 is 0 Å². The number of nitrogens with zero attached hydrogens (tertiary/aromatic N) is 3. The molecule has 8 aliphatic carbocycles. The molecule has 0 amide bonds. The molecule has 0 aromatic carbocycles. The fourth-order valence-electron chi connectivity index (χ4n) is 18.8. The molecular weight excluding hydrogens is 791 g/mol. The first-order valence-electron chi connectivity index (χ1n) is 26.1. The van der Waals surface area contributed by atoms with Gasteiger partial charge in [0.1, 0.15) is 5.69 Å². The Morgan fingerprint density at radius 1 is 0.667 bits per heavy atom. The molecule has 0 radical (unpaired) electrons. The summed E-state index contributed by atoms with van der Waals surface area (Å²) in [5.41, 5.74) is 1.88. The molecule has 10 nitrogen and oxygen atoms in total. The first-order chi connectivity index (χ1) is 30.0. The summed E-state index contributed by atoms with van der Waals surface area (Å²) in [5.74, 6) is 5.96. The van der Waals surface area contributed by atoms with Crippen LogP contribution in [0.5, 0.6) is 0 Å². The second-order valence-electron chi connectivity index (χ2n) is 24.6. The summed E-state index contributed by atoms with van der Waals surface area (Å²) in [7, 11) is 2.98. The van der Waals surface area contributed by atoms with E-state index in [1.165, 1.54) is 72.0 Å². The third-order valence-corrected chi connectivity index (χ3v) is 22.3. The van der Waals surface area contributed by atoms with Crippen LogP contribution in [-0.2, 0) is 30.4 Å². The van der Waals surface area contributed by atoms with Crippen molar-refractivity contribution in [3.63, 3.8) is 0 Å². The zero-order chi connectivity index (χ0) is 44.6. The van der Waals surface area contributed by atoms with E-state index in [2.05, 4.69) is 57.5 Å². The summed E-state index contributed by atoms with van der Waals surface area (Å²) in [6, 6.07) is 0.302. The predicted molar refractivity (Wildman–Crippen MR) is 242 cm³/mol. The Balaban J connectivity index is 0.778. The SMILES string of the molecule is COC(=O)CC[C@@H](C)[C@H]1CC[C@@H]2C3C(O)CC4C[C@@H](n5cc(CO[C@@H]6CC[C@]7(C)C(CC(O)C8[C@H]7CC[C@]7(C)[C@H]8CC[C@H]7[C@@H](C)CCC(=O)OC)C6)nn5)CC[C@]4(C)[C@@H]3CC[C@@]21C. The van der Waals surface area contributed by atoms with Gasteiger partial charge in [-0.1, -0.05) is 46.8 Å². The lowest BCUT2D eigenvalue weighted by molar-refractivity contribution is -0.179. The van der Waals surface area contributed by atoms with Gasteiger partial charge in [0.15, 0.2) is 0 Å². The van der Waals surface area contributed by atoms with Gasteiger partial charge in [-0.25, -0.2) is 4.68 Å². The number of carbonyl (C=O) groups is 2. The van der Waals surface area contributed by atoms with Crippen molar-refractivity contribution in [2.45, 2.75) is 201 Å². The van der Waals surface area contributed by atoms with Crippen molar-refractivity contribution in [3.05, 3.63) is 11.9 Å². The molecule has 2 N–H and O–H groups in total. The van der Waals surface area contributed by atoms with Crippen molar-refractivity contribution in [1.82, 2.24) is 15.0 Å². The van der Waals surface area contributed by atoms with Crippen molar-refractivity contribution in [2.75, 3.05) is 14.2 Å². The normalized spacial score (nSPS) is 47.5. The Bertz CT molecular complexity index is 1800. The molecule has 0 bridgehead atoms. The van der Waals surface area contributed by atoms with E-state index in [1.807, 2.05) is 0 Å². The monoisotopic (exact) mass is 876 g/mol. The third-order valence-electron chi connectivity index (χ3n) is 22.3. The van der Waals surface area contributed by atoms with Crippen LogP contribution < -0.4 is 0 Å². The maximum absolute atomic E-state index is 12.0. The highest BCUT2D eigenvalue weighted by Crippen LogP contribution is 2.70. The minimum Gasteiger partial charge on any atom is -0.469 e. The lowest BCUT2D eigenvalue weighted by Gasteiger charge is -2.62. The van der Waals surface area contributed by atoms with Gasteiger partial charge in [-0.05, 0) is 208 Å². The van der Waals surface area contributed by atoms with Crippen LogP contribution in [0.15, 0.2) is 6.20 Å². The lowest BCUT2D eigenvalue weighted by Crippen LogP contribution is -2.58. The first-order valence-corrected chi connectivity index (χ1v) is 26.1. The summed E-state index contributed by atoms with van der Waals surface area (Å²) < 4.78 is 18.8. The minimum absolute atomic E-state index is 0.100. The number of carbonyl (C=O) groups excluding carboxylic acids is 2. The Hall–Kier alpha value is -2.04. The first kappa shape index (κ1) is 46.1. The zero-order valence-electron chi connectivity index (χ0n) is 40.4. The van der Waals surface area contributed by atoms with Gasteiger partial charge in [-0.2, -0.15) is 0 Å². The summed E-state index contributed by atoms with van der Waals surface area (Å²) in [6.45, 7) is 15.4. The molecular formula is C53H85N3O7. The number of fused-ring (bicyclic) bond motifs is 10. The van der Waals surface area contributed by atoms with Gasteiger partial charge in [-0.3, -0.25) is 9.59 Å². The Labute approximate surface area is 379 Å². The number of hydrogen-bond acceptors (Lipinski definition) is 9. The minimum atomic E-state index is -0.249. The highest BCUT2D eigenvalue weighted by molar-refractivity contribution is 5.69. The number of esters is 2. The van der Waals surface area contributed by atoms with Gasteiger partial charge >= 0.3 is 11.9 Å². The molecule has 8 saturated carbocycles. The molecule has 9 rings (SSSR count). The predicted octanol–water partition coefficient (Wildman–Crippen LogP) is 10.1. The second kappa shape index (κ2) is 17.6. The molecule has 8 aliphatic rings. The van der Waals surface area contributed by atoms with Crippen molar-refractivity contribution in [2.24, 2.45) is 92.7 Å². The van der Waals surface area contributed by atoms with Crippen LogP contribution in [0.4, 0.5) is 0 Å². The quantitative estimate of drug-likeness (QED) is 0.197. The van der Waals surface area contributed by atoms with Crippen LogP contribution in [0.3, 0.4) is 0 Å². The third kappa shape index (κ3) is 7.87. The molecule has 0 spiro atoms. The molecule has 0 saturated heterocycles. The maximum Gasteiger partial charge on any atom is 0.305 e. The summed E-state index contributed by atoms with van der Waals surface area (Å²) in [6.07, 6.45) is 22.7. The largest absolute Gasteiger partial charge is 0.469 e. The van der Waals surface area contributed by atoms with E-state index in [9.17, 15) is 19.8 Å². The fraction of sp³-hybridized carbons (Fsp3) is 0.925. The van der Waals surface area contributed by atoms with Gasteiger partial charge < -0.3 is 24.4 Å². The number of ether oxygens (including phenoxy) is 3. The molecule has 20 atom stereocenters. The molecule has 6 unspecified atom stereocenters. The van der Waals surface area contributed by atoms with Crippen LogP contribution in [0, 0.1) is 92.7 Å². The van der Waals surface area contributed by atoms with Crippen molar-refractivity contribution >= 4 is 11.9 Å². The second-order valence-corrected chi connectivity index (χ2v) is 24.6. The molecule has 63 heavy (non-hydrogen) atoms. The molecule has 10 heteroatoms. The van der Waals surface area contributed by atoms with Crippen LogP contribution in [-0.4, -0.2) is 69.7 Å². The van der Waals surface area contributed by atoms with Crippen molar-refractivity contribution in [1.29, 1.82) is 0 Å². The number of hydrogen-bond donors (Lipinski definition) is 2. The molecule has 1 heterocycles. The fourth-order valence-corrected chi connectivity index (χ4v) is 18.8. The van der Waals surface area contributed by atoms with Gasteiger partial charge in [-0.15, -0.1) is 5.10 Å². The van der Waals surface area contributed by atoms with Crippen molar-refractivity contribution in [3.8, 4) is 0 Å². The number of aliphatic hydroxyl groups excluding tert-OH is 2. The standard InChI is InChI=1S/C53H85N3O7/c1-31(9-15-46(59)61-7)38-11-13-40-48-42(19-23-52(38,40)5)50(3)21-17-36(25-33(50)27-44(48)57)56-29-35(54-55-56)30-63-37-18-22-51(4)34(26-37)28-45(58)49-41-14-12-39(32(2)10-16-47(60)62-8)53(41,6)24-20-43(49)51/h29,31-34,36-45,48-49,57-58H,9-28,30H2,1-8H3/t31-,32+,33?,34?,36+,37-,38-,39+,40-,41+,42-,43-,44?,45?,48?,49?,50+,51-,52-,53+/m1/s1. The van der Waals surface area contributed by atoms with Crippen LogP contribution >= 0.6 is 0 Å². The molecule has 1 aromatic heterocycles. The topological polar surface area (TPSA) is 133 Å². The number of aromatic nitrogens is 3. The smallest absolute Gasteiger partial charge is 0.305 e.